The van der Waals surface area contributed by atoms with Crippen LogP contribution in [0.2, 0.25) is 0 Å². The van der Waals surface area contributed by atoms with E-state index in [-0.39, 0.29) is 5.91 Å². The topological polar surface area (TPSA) is 59.0 Å². The molecule has 0 unspecified atom stereocenters. The van der Waals surface area contributed by atoms with Crippen LogP contribution < -0.4 is 0 Å². The number of thiazole rings is 1. The number of aryl methyl sites for hydroxylation is 1. The number of rotatable bonds is 4. The van der Waals surface area contributed by atoms with Gasteiger partial charge in [0.25, 0.3) is 0 Å². The van der Waals surface area contributed by atoms with E-state index in [1.807, 2.05) is 24.2 Å². The summed E-state index contributed by atoms with van der Waals surface area (Å²) < 4.78 is 0. The normalized spacial score (nSPS) is 18.0. The maximum atomic E-state index is 12.6. The molecule has 1 aliphatic carbocycles. The van der Waals surface area contributed by atoms with E-state index in [2.05, 4.69) is 28.2 Å². The third kappa shape index (κ3) is 3.65. The standard InChI is InChI=1S/C22H24N4OS/c1-14-23-13-19(28-14)11-21(27)26-8-6-16(7-9-26)20-5-4-17-10-18(15-2-3-15)12-24-22(17)25-20/h4-5,10,12-13,15-16H,2-3,6-9,11H2,1H3. The van der Waals surface area contributed by atoms with Crippen LogP contribution in [0, 0.1) is 6.92 Å². The molecule has 0 N–H and O–H groups in total. The first-order valence-corrected chi connectivity index (χ1v) is 10.9. The van der Waals surface area contributed by atoms with Crippen LogP contribution in [-0.4, -0.2) is 38.8 Å². The fraction of sp³-hybridized carbons (Fsp3) is 0.455. The molecule has 4 heterocycles. The second kappa shape index (κ2) is 7.24. The monoisotopic (exact) mass is 392 g/mol. The molecule has 0 radical (unpaired) electrons. The number of hydrogen-bond donors (Lipinski definition) is 0. The Labute approximate surface area is 168 Å². The second-order valence-corrected chi connectivity index (χ2v) is 9.32. The second-order valence-electron chi connectivity index (χ2n) is 8.00. The maximum absolute atomic E-state index is 12.6. The maximum Gasteiger partial charge on any atom is 0.227 e. The van der Waals surface area contributed by atoms with Crippen molar-refractivity contribution < 1.29 is 4.79 Å². The van der Waals surface area contributed by atoms with E-state index in [0.717, 1.165) is 52.5 Å². The van der Waals surface area contributed by atoms with Crippen LogP contribution in [0.15, 0.2) is 30.6 Å². The highest BCUT2D eigenvalue weighted by Gasteiger charge is 2.26. The Bertz CT molecular complexity index is 1020. The fourth-order valence-electron chi connectivity index (χ4n) is 4.08. The summed E-state index contributed by atoms with van der Waals surface area (Å²) in [5.41, 5.74) is 3.32. The van der Waals surface area contributed by atoms with E-state index in [4.69, 9.17) is 4.98 Å². The molecule has 0 aromatic carbocycles. The van der Waals surface area contributed by atoms with E-state index in [1.54, 1.807) is 11.3 Å². The smallest absolute Gasteiger partial charge is 0.227 e. The first-order valence-electron chi connectivity index (χ1n) is 10.1. The quantitative estimate of drug-likeness (QED) is 0.667. The molecule has 1 saturated heterocycles. The van der Waals surface area contributed by atoms with Crippen LogP contribution in [0.4, 0.5) is 0 Å². The van der Waals surface area contributed by atoms with Gasteiger partial charge in [-0.1, -0.05) is 0 Å². The van der Waals surface area contributed by atoms with Gasteiger partial charge in [-0.3, -0.25) is 4.79 Å². The molecule has 3 aromatic heterocycles. The lowest BCUT2D eigenvalue weighted by molar-refractivity contribution is -0.131. The number of aromatic nitrogens is 3. The molecule has 28 heavy (non-hydrogen) atoms. The van der Waals surface area contributed by atoms with Gasteiger partial charge in [0.1, 0.15) is 0 Å². The number of nitrogens with zero attached hydrogens (tertiary/aromatic N) is 4. The van der Waals surface area contributed by atoms with Gasteiger partial charge >= 0.3 is 0 Å². The molecule has 3 aromatic rings. The van der Waals surface area contributed by atoms with Crippen molar-refractivity contribution in [1.82, 2.24) is 19.9 Å². The van der Waals surface area contributed by atoms with Gasteiger partial charge in [-0.05, 0) is 62.3 Å². The lowest BCUT2D eigenvalue weighted by Gasteiger charge is -2.31. The molecule has 1 amide bonds. The van der Waals surface area contributed by atoms with Crippen molar-refractivity contribution in [3.05, 3.63) is 51.7 Å². The summed E-state index contributed by atoms with van der Waals surface area (Å²) in [6.07, 6.45) is 8.80. The average Bonchev–Trinajstić information content (AvgIpc) is 3.50. The molecule has 0 atom stereocenters. The molecule has 5 nitrogen and oxygen atoms in total. The van der Waals surface area contributed by atoms with Crippen molar-refractivity contribution in [2.75, 3.05) is 13.1 Å². The van der Waals surface area contributed by atoms with Crippen LogP contribution in [0.1, 0.15) is 58.7 Å². The number of amides is 1. The minimum Gasteiger partial charge on any atom is -0.342 e. The number of likely N-dealkylation sites (tertiary alicyclic amines) is 1. The van der Waals surface area contributed by atoms with Crippen molar-refractivity contribution in [3.8, 4) is 0 Å². The van der Waals surface area contributed by atoms with E-state index >= 15 is 0 Å². The van der Waals surface area contributed by atoms with Crippen LogP contribution in [0.5, 0.6) is 0 Å². The summed E-state index contributed by atoms with van der Waals surface area (Å²) in [5.74, 6) is 1.33. The molecule has 1 saturated carbocycles. The van der Waals surface area contributed by atoms with Crippen LogP contribution in [0.25, 0.3) is 11.0 Å². The molecular weight excluding hydrogens is 368 g/mol. The highest BCUT2D eigenvalue weighted by Crippen LogP contribution is 2.40. The van der Waals surface area contributed by atoms with E-state index in [9.17, 15) is 4.79 Å². The summed E-state index contributed by atoms with van der Waals surface area (Å²) >= 11 is 1.61. The molecular formula is C22H24N4OS. The number of pyridine rings is 2. The van der Waals surface area contributed by atoms with Gasteiger partial charge < -0.3 is 4.90 Å². The predicted octanol–water partition coefficient (Wildman–Crippen LogP) is 4.22. The average molecular weight is 393 g/mol. The zero-order valence-electron chi connectivity index (χ0n) is 16.1. The Balaban J connectivity index is 1.23. The Kier molecular flexibility index (Phi) is 4.59. The lowest BCUT2D eigenvalue weighted by Crippen LogP contribution is -2.38. The number of carbonyl (C=O) groups is 1. The van der Waals surface area contributed by atoms with Gasteiger partial charge in [0.2, 0.25) is 5.91 Å². The van der Waals surface area contributed by atoms with Crippen LogP contribution in [0.3, 0.4) is 0 Å². The zero-order chi connectivity index (χ0) is 19.1. The Morgan fingerprint density at radius 3 is 2.64 bits per heavy atom. The van der Waals surface area contributed by atoms with Gasteiger partial charge in [-0.25, -0.2) is 15.0 Å². The summed E-state index contributed by atoms with van der Waals surface area (Å²) in [7, 11) is 0. The zero-order valence-corrected chi connectivity index (χ0v) is 16.9. The number of hydrogen-bond acceptors (Lipinski definition) is 5. The van der Waals surface area contributed by atoms with Gasteiger partial charge in [-0.15, -0.1) is 11.3 Å². The minimum atomic E-state index is 0.211. The van der Waals surface area contributed by atoms with Crippen molar-refractivity contribution >= 4 is 28.3 Å². The first kappa shape index (κ1) is 17.7. The highest BCUT2D eigenvalue weighted by atomic mass is 32.1. The molecule has 0 bridgehead atoms. The first-order chi connectivity index (χ1) is 13.7. The molecule has 5 rings (SSSR count). The third-order valence-electron chi connectivity index (χ3n) is 5.89. The van der Waals surface area contributed by atoms with Crippen molar-refractivity contribution in [1.29, 1.82) is 0 Å². The van der Waals surface area contributed by atoms with Crippen molar-refractivity contribution in [2.45, 2.75) is 50.9 Å². The van der Waals surface area contributed by atoms with Crippen LogP contribution >= 0.6 is 11.3 Å². The van der Waals surface area contributed by atoms with E-state index < -0.39 is 0 Å². The molecule has 6 heteroatoms. The van der Waals surface area contributed by atoms with Crippen molar-refractivity contribution in [2.24, 2.45) is 0 Å². The number of carbonyl (C=O) groups excluding carboxylic acids is 1. The summed E-state index contributed by atoms with van der Waals surface area (Å²) in [6.45, 7) is 3.58. The molecule has 0 spiro atoms. The van der Waals surface area contributed by atoms with E-state index in [1.165, 1.54) is 18.4 Å². The van der Waals surface area contributed by atoms with Gasteiger partial charge in [0.15, 0.2) is 5.65 Å². The summed E-state index contributed by atoms with van der Waals surface area (Å²) in [6, 6.07) is 6.57. The number of piperidine rings is 1. The van der Waals surface area contributed by atoms with Gasteiger partial charge in [0, 0.05) is 47.4 Å². The molecule has 2 aliphatic rings. The minimum absolute atomic E-state index is 0.211. The summed E-state index contributed by atoms with van der Waals surface area (Å²) in [5, 5.41) is 2.15. The Hall–Kier alpha value is -2.34. The lowest BCUT2D eigenvalue weighted by atomic mass is 9.92. The Morgan fingerprint density at radius 1 is 1.11 bits per heavy atom. The van der Waals surface area contributed by atoms with Gasteiger partial charge in [-0.2, -0.15) is 0 Å². The van der Waals surface area contributed by atoms with Crippen molar-refractivity contribution in [3.63, 3.8) is 0 Å². The van der Waals surface area contributed by atoms with Crippen LogP contribution in [-0.2, 0) is 11.2 Å². The largest absolute Gasteiger partial charge is 0.342 e. The van der Waals surface area contributed by atoms with E-state index in [0.29, 0.717) is 18.3 Å². The molecule has 1 aliphatic heterocycles. The predicted molar refractivity (Wildman–Crippen MR) is 111 cm³/mol. The highest BCUT2D eigenvalue weighted by molar-refractivity contribution is 7.11. The fourth-order valence-corrected chi connectivity index (χ4v) is 4.87. The SMILES string of the molecule is Cc1ncc(CC(=O)N2CCC(c3ccc4cc(C5CC5)cnc4n3)CC2)s1. The van der Waals surface area contributed by atoms with Gasteiger partial charge in [0.05, 0.1) is 11.4 Å². The summed E-state index contributed by atoms with van der Waals surface area (Å²) in [4.78, 5) is 29.3. The Morgan fingerprint density at radius 2 is 1.93 bits per heavy atom. The molecule has 2 fully saturated rings. The third-order valence-corrected chi connectivity index (χ3v) is 6.81. The number of fused-ring (bicyclic) bond motifs is 1. The molecule has 144 valence electrons.